The predicted octanol–water partition coefficient (Wildman–Crippen LogP) is 4.89. The Balaban J connectivity index is 1.90. The molecule has 0 aliphatic rings. The van der Waals surface area contributed by atoms with E-state index < -0.39 is 0 Å². The number of carbonyl (C=O) groups excluding carboxylic acids is 1. The number of thiazole rings is 1. The lowest BCUT2D eigenvalue weighted by atomic mass is 9.97. The van der Waals surface area contributed by atoms with Gasteiger partial charge in [-0.25, -0.2) is 9.37 Å². The molecule has 1 aromatic heterocycles. The molecule has 0 aliphatic heterocycles. The Morgan fingerprint density at radius 1 is 1.07 bits per heavy atom. The summed E-state index contributed by atoms with van der Waals surface area (Å²) in [7, 11) is 4.04. The summed E-state index contributed by atoms with van der Waals surface area (Å²) in [5.41, 5.74) is 5.27. The highest BCUT2D eigenvalue weighted by Crippen LogP contribution is 2.30. The average molecular weight is 414 g/mol. The van der Waals surface area contributed by atoms with Gasteiger partial charge in [-0.1, -0.05) is 29.0 Å². The number of hydrogen-bond acceptors (Lipinski definition) is 4. The van der Waals surface area contributed by atoms with Crippen molar-refractivity contribution in [2.24, 2.45) is 0 Å². The van der Waals surface area contributed by atoms with E-state index in [4.69, 9.17) is 0 Å². The molecule has 0 spiro atoms. The Morgan fingerprint density at radius 3 is 2.41 bits per heavy atom. The number of rotatable bonds is 7. The summed E-state index contributed by atoms with van der Waals surface area (Å²) >= 11 is 1.37. The lowest BCUT2D eigenvalue weighted by Gasteiger charge is -2.22. The summed E-state index contributed by atoms with van der Waals surface area (Å²) in [6.45, 7) is 7.65. The van der Waals surface area contributed by atoms with Crippen LogP contribution in [0.15, 0.2) is 30.3 Å². The summed E-state index contributed by atoms with van der Waals surface area (Å²) in [6.07, 6.45) is 1.18. The van der Waals surface area contributed by atoms with Crippen LogP contribution in [0.25, 0.3) is 10.2 Å². The number of hydrogen-bond donors (Lipinski definition) is 0. The molecule has 4 nitrogen and oxygen atoms in total. The number of benzene rings is 2. The second-order valence-corrected chi connectivity index (χ2v) is 8.87. The van der Waals surface area contributed by atoms with Crippen LogP contribution in [0.1, 0.15) is 28.7 Å². The van der Waals surface area contributed by atoms with E-state index in [-0.39, 0.29) is 11.7 Å². The molecule has 0 saturated heterocycles. The second kappa shape index (κ2) is 9.01. The van der Waals surface area contributed by atoms with Crippen LogP contribution < -0.4 is 4.90 Å². The smallest absolute Gasteiger partial charge is 0.233 e. The van der Waals surface area contributed by atoms with Crippen LogP contribution in [0.2, 0.25) is 0 Å². The molecule has 2 aromatic carbocycles. The largest absolute Gasteiger partial charge is 0.309 e. The minimum absolute atomic E-state index is 0.0262. The lowest BCUT2D eigenvalue weighted by molar-refractivity contribution is -0.118. The third-order valence-electron chi connectivity index (χ3n) is 5.03. The molecule has 1 amide bonds. The zero-order chi connectivity index (χ0) is 21.1. The average Bonchev–Trinajstić information content (AvgIpc) is 3.03. The van der Waals surface area contributed by atoms with Crippen molar-refractivity contribution in [3.05, 3.63) is 58.4 Å². The first-order valence-corrected chi connectivity index (χ1v) is 10.6. The van der Waals surface area contributed by atoms with Crippen molar-refractivity contribution in [1.29, 1.82) is 0 Å². The molecular formula is C23H28FN3OS. The fourth-order valence-corrected chi connectivity index (χ4v) is 4.64. The van der Waals surface area contributed by atoms with Crippen LogP contribution in [0.4, 0.5) is 9.52 Å². The van der Waals surface area contributed by atoms with Crippen LogP contribution in [0, 0.1) is 26.6 Å². The number of anilines is 1. The van der Waals surface area contributed by atoms with Crippen LogP contribution in [0.3, 0.4) is 0 Å². The van der Waals surface area contributed by atoms with Crippen LogP contribution in [-0.2, 0) is 11.2 Å². The lowest BCUT2D eigenvalue weighted by Crippen LogP contribution is -2.34. The van der Waals surface area contributed by atoms with Crippen molar-refractivity contribution in [1.82, 2.24) is 9.88 Å². The molecule has 3 aromatic rings. The van der Waals surface area contributed by atoms with Crippen LogP contribution in [-0.4, -0.2) is 43.0 Å². The Bertz CT molecular complexity index is 1010. The monoisotopic (exact) mass is 413 g/mol. The van der Waals surface area contributed by atoms with Crippen molar-refractivity contribution in [2.75, 3.05) is 32.1 Å². The third-order valence-corrected chi connectivity index (χ3v) is 6.07. The normalized spacial score (nSPS) is 11.4. The minimum atomic E-state index is -0.288. The van der Waals surface area contributed by atoms with Gasteiger partial charge in [0.2, 0.25) is 5.91 Å². The zero-order valence-electron chi connectivity index (χ0n) is 17.8. The fourth-order valence-electron chi connectivity index (χ4n) is 3.61. The Labute approximate surface area is 176 Å². The van der Waals surface area contributed by atoms with E-state index in [1.807, 2.05) is 14.1 Å². The number of carbonyl (C=O) groups is 1. The van der Waals surface area contributed by atoms with Crippen molar-refractivity contribution >= 4 is 32.6 Å². The topological polar surface area (TPSA) is 36.4 Å². The van der Waals surface area contributed by atoms with Gasteiger partial charge in [0.15, 0.2) is 5.13 Å². The molecule has 0 saturated carbocycles. The first-order valence-electron chi connectivity index (χ1n) is 9.82. The number of nitrogens with zero attached hydrogens (tertiary/aromatic N) is 3. The van der Waals surface area contributed by atoms with Crippen molar-refractivity contribution in [3.8, 4) is 0 Å². The van der Waals surface area contributed by atoms with Gasteiger partial charge in [-0.05, 0) is 82.7 Å². The Morgan fingerprint density at radius 2 is 1.76 bits per heavy atom. The van der Waals surface area contributed by atoms with Crippen molar-refractivity contribution in [2.45, 2.75) is 33.6 Å². The maximum Gasteiger partial charge on any atom is 0.233 e. The van der Waals surface area contributed by atoms with E-state index >= 15 is 0 Å². The van der Waals surface area contributed by atoms with Gasteiger partial charge in [0.1, 0.15) is 5.82 Å². The molecule has 1 heterocycles. The molecule has 0 radical (unpaired) electrons. The van der Waals surface area contributed by atoms with Gasteiger partial charge in [-0.3, -0.25) is 9.69 Å². The molecule has 3 rings (SSSR count). The van der Waals surface area contributed by atoms with Gasteiger partial charge in [-0.2, -0.15) is 0 Å². The highest BCUT2D eigenvalue weighted by atomic mass is 32.1. The maximum atomic E-state index is 13.6. The maximum absolute atomic E-state index is 13.6. The Kier molecular flexibility index (Phi) is 6.65. The molecule has 0 N–H and O–H groups in total. The highest BCUT2D eigenvalue weighted by molar-refractivity contribution is 7.22. The SMILES string of the molecule is Cc1cc(C)c(CC(=O)N(CCCN(C)C)c2nc3ccc(F)cc3s2)c(C)c1. The van der Waals surface area contributed by atoms with Crippen LogP contribution >= 0.6 is 11.3 Å². The number of halogens is 1. The number of fused-ring (bicyclic) bond motifs is 1. The molecule has 6 heteroatoms. The third kappa shape index (κ3) is 5.19. The molecule has 0 fully saturated rings. The standard InChI is InChI=1S/C23H28FN3OS/c1-15-11-16(2)19(17(3)12-15)14-22(28)27(10-6-9-26(4)5)23-25-20-8-7-18(24)13-21(20)29-23/h7-8,11-13H,6,9-10,14H2,1-5H3. The summed E-state index contributed by atoms with van der Waals surface area (Å²) < 4.78 is 14.4. The zero-order valence-corrected chi connectivity index (χ0v) is 18.6. The number of aromatic nitrogens is 1. The van der Waals surface area contributed by atoms with Crippen molar-refractivity contribution in [3.63, 3.8) is 0 Å². The molecule has 154 valence electrons. The van der Waals surface area contributed by atoms with Gasteiger partial charge in [0.25, 0.3) is 0 Å². The molecule has 0 unspecified atom stereocenters. The first kappa shape index (κ1) is 21.4. The van der Waals surface area contributed by atoms with Gasteiger partial charge in [0.05, 0.1) is 16.6 Å². The quantitative estimate of drug-likeness (QED) is 0.553. The molecule has 0 aliphatic carbocycles. The summed E-state index contributed by atoms with van der Waals surface area (Å²) in [5, 5.41) is 0.636. The summed E-state index contributed by atoms with van der Waals surface area (Å²) in [4.78, 5) is 21.8. The molecule has 0 atom stereocenters. The van der Waals surface area contributed by atoms with Crippen molar-refractivity contribution < 1.29 is 9.18 Å². The van der Waals surface area contributed by atoms with Gasteiger partial charge in [-0.15, -0.1) is 0 Å². The van der Waals surface area contributed by atoms with E-state index in [1.165, 1.54) is 29.0 Å². The van der Waals surface area contributed by atoms with E-state index in [2.05, 4.69) is 42.8 Å². The number of aryl methyl sites for hydroxylation is 3. The highest BCUT2D eigenvalue weighted by Gasteiger charge is 2.21. The molecule has 0 bridgehead atoms. The van der Waals surface area contributed by atoms with E-state index in [1.54, 1.807) is 11.0 Å². The van der Waals surface area contributed by atoms with E-state index in [0.29, 0.717) is 18.1 Å². The summed E-state index contributed by atoms with van der Waals surface area (Å²) in [5.74, 6) is -0.262. The van der Waals surface area contributed by atoms with E-state index in [9.17, 15) is 9.18 Å². The van der Waals surface area contributed by atoms with E-state index in [0.717, 1.165) is 39.9 Å². The Hall–Kier alpha value is -2.31. The van der Waals surface area contributed by atoms with Gasteiger partial charge >= 0.3 is 0 Å². The molecule has 29 heavy (non-hydrogen) atoms. The van der Waals surface area contributed by atoms with Gasteiger partial charge in [0, 0.05) is 6.54 Å². The minimum Gasteiger partial charge on any atom is -0.309 e. The molecular weight excluding hydrogens is 385 g/mol. The van der Waals surface area contributed by atoms with Crippen LogP contribution in [0.5, 0.6) is 0 Å². The summed E-state index contributed by atoms with van der Waals surface area (Å²) in [6, 6.07) is 8.79. The second-order valence-electron chi connectivity index (χ2n) is 7.86. The fraction of sp³-hybridized carbons (Fsp3) is 0.391. The first-order chi connectivity index (χ1) is 13.7. The van der Waals surface area contributed by atoms with Gasteiger partial charge < -0.3 is 4.90 Å². The number of amides is 1. The predicted molar refractivity (Wildman–Crippen MR) is 119 cm³/mol.